The molecule has 0 bridgehead atoms. The highest BCUT2D eigenvalue weighted by molar-refractivity contribution is 5.75. The Hall–Kier alpha value is -2.36. The van der Waals surface area contributed by atoms with Gasteiger partial charge in [-0.05, 0) is 12.5 Å². The Morgan fingerprint density at radius 3 is 3.18 bits per heavy atom. The number of aromatic nitrogens is 2. The van der Waals surface area contributed by atoms with E-state index in [1.165, 1.54) is 0 Å². The predicted octanol–water partition coefficient (Wildman–Crippen LogP) is 2.41. The second-order valence-corrected chi connectivity index (χ2v) is 3.82. The van der Waals surface area contributed by atoms with Gasteiger partial charge in [-0.15, -0.1) is 0 Å². The fourth-order valence-corrected chi connectivity index (χ4v) is 1.72. The zero-order valence-electron chi connectivity index (χ0n) is 9.13. The third-order valence-electron chi connectivity index (χ3n) is 2.61. The molecule has 0 saturated heterocycles. The van der Waals surface area contributed by atoms with Crippen molar-refractivity contribution >= 4 is 16.7 Å². The zero-order chi connectivity index (χ0) is 11.7. The molecule has 0 aromatic carbocycles. The highest BCUT2D eigenvalue weighted by Gasteiger charge is 2.10. The van der Waals surface area contributed by atoms with Crippen LogP contribution in [0.25, 0.3) is 16.7 Å². The molecular formula is C13H11N3O. The third-order valence-corrected chi connectivity index (χ3v) is 2.61. The lowest BCUT2D eigenvalue weighted by atomic mass is 10.2. The van der Waals surface area contributed by atoms with Gasteiger partial charge >= 0.3 is 0 Å². The number of oxazole rings is 1. The summed E-state index contributed by atoms with van der Waals surface area (Å²) in [6, 6.07) is 1.81. The number of nitrogens with two attached hydrogens (primary N) is 1. The number of pyridine rings is 1. The fraction of sp³-hybridized carbons (Fsp3) is 0.0769. The molecule has 0 atom stereocenters. The first-order chi connectivity index (χ1) is 8.33. The average Bonchev–Trinajstić information content (AvgIpc) is 2.65. The molecule has 1 aliphatic rings. The van der Waals surface area contributed by atoms with Gasteiger partial charge in [-0.2, -0.15) is 0 Å². The first kappa shape index (κ1) is 9.84. The second kappa shape index (κ2) is 3.90. The lowest BCUT2D eigenvalue weighted by molar-refractivity contribution is 0.582. The van der Waals surface area contributed by atoms with Gasteiger partial charge in [0.25, 0.3) is 0 Å². The summed E-state index contributed by atoms with van der Waals surface area (Å²) in [5.41, 5.74) is 9.02. The van der Waals surface area contributed by atoms with Crippen molar-refractivity contribution < 1.29 is 4.42 Å². The molecule has 84 valence electrons. The van der Waals surface area contributed by atoms with Gasteiger partial charge in [0, 0.05) is 23.5 Å². The van der Waals surface area contributed by atoms with E-state index in [4.69, 9.17) is 10.2 Å². The van der Waals surface area contributed by atoms with Crippen LogP contribution in [0.5, 0.6) is 0 Å². The number of hydrogen-bond donors (Lipinski definition) is 1. The topological polar surface area (TPSA) is 64.9 Å². The molecule has 2 aromatic rings. The minimum Gasteiger partial charge on any atom is -0.436 e. The van der Waals surface area contributed by atoms with Crippen molar-refractivity contribution in [1.82, 2.24) is 9.97 Å². The molecule has 0 unspecified atom stereocenters. The summed E-state index contributed by atoms with van der Waals surface area (Å²) in [5, 5.41) is 0. The third kappa shape index (κ3) is 1.85. The maximum Gasteiger partial charge on any atom is 0.223 e. The van der Waals surface area contributed by atoms with Crippen molar-refractivity contribution in [2.75, 3.05) is 0 Å². The Labute approximate surface area is 98.2 Å². The Balaban J connectivity index is 2.04. The molecule has 0 saturated carbocycles. The van der Waals surface area contributed by atoms with E-state index in [0.717, 1.165) is 28.8 Å². The van der Waals surface area contributed by atoms with E-state index in [9.17, 15) is 0 Å². The maximum atomic E-state index is 5.73. The molecule has 17 heavy (non-hydrogen) atoms. The van der Waals surface area contributed by atoms with Crippen LogP contribution in [0.2, 0.25) is 0 Å². The van der Waals surface area contributed by atoms with E-state index in [1.54, 1.807) is 12.4 Å². The SMILES string of the molecule is NC1=CCC(c2nc3cnccc3o2)=CC=C1. The van der Waals surface area contributed by atoms with Crippen molar-refractivity contribution in [3.63, 3.8) is 0 Å². The summed E-state index contributed by atoms with van der Waals surface area (Å²) in [6.45, 7) is 0. The number of hydrogen-bond acceptors (Lipinski definition) is 4. The van der Waals surface area contributed by atoms with Crippen molar-refractivity contribution in [3.8, 4) is 0 Å². The van der Waals surface area contributed by atoms with Crippen LogP contribution < -0.4 is 5.73 Å². The van der Waals surface area contributed by atoms with Crippen LogP contribution in [0.4, 0.5) is 0 Å². The van der Waals surface area contributed by atoms with Crippen molar-refractivity contribution in [1.29, 1.82) is 0 Å². The van der Waals surface area contributed by atoms with Gasteiger partial charge in [-0.1, -0.05) is 18.2 Å². The molecule has 2 N–H and O–H groups in total. The molecule has 2 heterocycles. The Kier molecular flexibility index (Phi) is 2.26. The van der Waals surface area contributed by atoms with E-state index in [1.807, 2.05) is 30.4 Å². The molecule has 0 radical (unpaired) electrons. The summed E-state index contributed by atoms with van der Waals surface area (Å²) in [7, 11) is 0. The van der Waals surface area contributed by atoms with Crippen LogP contribution >= 0.6 is 0 Å². The van der Waals surface area contributed by atoms with Gasteiger partial charge in [0.1, 0.15) is 5.52 Å². The summed E-state index contributed by atoms with van der Waals surface area (Å²) in [6.07, 6.45) is 11.8. The standard InChI is InChI=1S/C13H11N3O/c14-10-3-1-2-9(4-5-10)13-16-11-8-15-7-6-12(11)17-13/h1-3,5-8H,4,14H2. The summed E-state index contributed by atoms with van der Waals surface area (Å²) in [5.74, 6) is 0.628. The minimum absolute atomic E-state index is 0.628. The molecule has 2 aromatic heterocycles. The van der Waals surface area contributed by atoms with Crippen LogP contribution in [0, 0.1) is 0 Å². The van der Waals surface area contributed by atoms with Crippen LogP contribution in [-0.2, 0) is 0 Å². The fourth-order valence-electron chi connectivity index (χ4n) is 1.72. The molecule has 0 aliphatic heterocycles. The number of fused-ring (bicyclic) bond motifs is 1. The van der Waals surface area contributed by atoms with Crippen LogP contribution in [-0.4, -0.2) is 9.97 Å². The molecule has 0 spiro atoms. The Bertz CT molecular complexity index is 614. The first-order valence-electron chi connectivity index (χ1n) is 5.37. The normalized spacial score (nSPS) is 15.5. The highest BCUT2D eigenvalue weighted by atomic mass is 16.3. The molecular weight excluding hydrogens is 214 g/mol. The Morgan fingerprint density at radius 1 is 1.35 bits per heavy atom. The van der Waals surface area contributed by atoms with E-state index in [0.29, 0.717) is 5.89 Å². The summed E-state index contributed by atoms with van der Waals surface area (Å²) in [4.78, 5) is 8.42. The average molecular weight is 225 g/mol. The van der Waals surface area contributed by atoms with Gasteiger partial charge < -0.3 is 10.2 Å². The van der Waals surface area contributed by atoms with Crippen LogP contribution in [0.15, 0.2) is 52.9 Å². The van der Waals surface area contributed by atoms with Crippen LogP contribution in [0.3, 0.4) is 0 Å². The van der Waals surface area contributed by atoms with Gasteiger partial charge in [0.15, 0.2) is 5.58 Å². The van der Waals surface area contributed by atoms with Gasteiger partial charge in [-0.3, -0.25) is 4.98 Å². The second-order valence-electron chi connectivity index (χ2n) is 3.82. The smallest absolute Gasteiger partial charge is 0.223 e. The van der Waals surface area contributed by atoms with Crippen LogP contribution in [0.1, 0.15) is 12.3 Å². The lowest BCUT2D eigenvalue weighted by Gasteiger charge is -1.96. The molecule has 4 heteroatoms. The van der Waals surface area contributed by atoms with Gasteiger partial charge in [0.2, 0.25) is 5.89 Å². The summed E-state index contributed by atoms with van der Waals surface area (Å²) >= 11 is 0. The zero-order valence-corrected chi connectivity index (χ0v) is 9.13. The number of rotatable bonds is 1. The van der Waals surface area contributed by atoms with E-state index >= 15 is 0 Å². The maximum absolute atomic E-state index is 5.73. The lowest BCUT2D eigenvalue weighted by Crippen LogP contribution is -1.91. The number of allylic oxidation sites excluding steroid dienone is 5. The molecule has 0 fully saturated rings. The van der Waals surface area contributed by atoms with Gasteiger partial charge in [0.05, 0.1) is 6.20 Å². The first-order valence-corrected chi connectivity index (χ1v) is 5.37. The van der Waals surface area contributed by atoms with Crippen molar-refractivity contribution in [2.24, 2.45) is 5.73 Å². The molecule has 0 amide bonds. The number of nitrogens with zero attached hydrogens (tertiary/aromatic N) is 2. The van der Waals surface area contributed by atoms with E-state index < -0.39 is 0 Å². The van der Waals surface area contributed by atoms with E-state index in [2.05, 4.69) is 9.97 Å². The largest absolute Gasteiger partial charge is 0.436 e. The van der Waals surface area contributed by atoms with Gasteiger partial charge in [-0.25, -0.2) is 4.98 Å². The minimum atomic E-state index is 0.628. The highest BCUT2D eigenvalue weighted by Crippen LogP contribution is 2.24. The predicted molar refractivity (Wildman–Crippen MR) is 65.8 cm³/mol. The van der Waals surface area contributed by atoms with E-state index in [-0.39, 0.29) is 0 Å². The van der Waals surface area contributed by atoms with Crippen molar-refractivity contribution in [3.05, 3.63) is 54.4 Å². The molecule has 1 aliphatic carbocycles. The molecule has 3 rings (SSSR count). The summed E-state index contributed by atoms with van der Waals surface area (Å²) < 4.78 is 5.67. The monoisotopic (exact) mass is 225 g/mol. The van der Waals surface area contributed by atoms with Crippen molar-refractivity contribution in [2.45, 2.75) is 6.42 Å². The Morgan fingerprint density at radius 2 is 2.29 bits per heavy atom. The molecule has 4 nitrogen and oxygen atoms in total. The quantitative estimate of drug-likeness (QED) is 0.809.